The molecule has 0 bridgehead atoms. The van der Waals surface area contributed by atoms with E-state index in [4.69, 9.17) is 4.42 Å². The average molecular weight is 238 g/mol. The fourth-order valence-electron chi connectivity index (χ4n) is 1.28. The molecule has 5 nitrogen and oxygen atoms in total. The van der Waals surface area contributed by atoms with Gasteiger partial charge >= 0.3 is 0 Å². The van der Waals surface area contributed by atoms with Crippen molar-refractivity contribution in [3.05, 3.63) is 24.2 Å². The summed E-state index contributed by atoms with van der Waals surface area (Å²) < 4.78 is 4.79. The highest BCUT2D eigenvalue weighted by Gasteiger charge is 2.06. The predicted molar refractivity (Wildman–Crippen MR) is 63.6 cm³/mol. The Hall–Kier alpha value is -1.78. The summed E-state index contributed by atoms with van der Waals surface area (Å²) in [6.07, 6.45) is 5.14. The van der Waals surface area contributed by atoms with Crippen molar-refractivity contribution in [3.8, 4) is 0 Å². The van der Waals surface area contributed by atoms with Crippen molar-refractivity contribution in [2.75, 3.05) is 13.1 Å². The number of rotatable bonds is 7. The number of amides is 2. The first-order valence-corrected chi connectivity index (χ1v) is 5.81. The molecule has 0 saturated heterocycles. The van der Waals surface area contributed by atoms with Crippen LogP contribution in [-0.4, -0.2) is 24.9 Å². The first-order valence-electron chi connectivity index (χ1n) is 5.81. The maximum absolute atomic E-state index is 11.4. The second-order valence-electron chi connectivity index (χ2n) is 3.72. The van der Waals surface area contributed by atoms with Crippen molar-refractivity contribution in [3.63, 3.8) is 0 Å². The molecule has 0 aliphatic heterocycles. The van der Waals surface area contributed by atoms with Gasteiger partial charge in [0.2, 0.25) is 5.91 Å². The van der Waals surface area contributed by atoms with Crippen LogP contribution in [0.4, 0.5) is 0 Å². The third kappa shape index (κ3) is 5.19. The fraction of sp³-hybridized carbons (Fsp3) is 0.500. The van der Waals surface area contributed by atoms with Crippen molar-refractivity contribution in [1.82, 2.24) is 10.6 Å². The van der Waals surface area contributed by atoms with Gasteiger partial charge in [-0.2, -0.15) is 0 Å². The summed E-state index contributed by atoms with van der Waals surface area (Å²) in [5, 5.41) is 5.43. The highest BCUT2D eigenvalue weighted by atomic mass is 16.3. The summed E-state index contributed by atoms with van der Waals surface area (Å²) in [6.45, 7) is 3.10. The Balaban J connectivity index is 2.11. The summed E-state index contributed by atoms with van der Waals surface area (Å²) >= 11 is 0. The molecule has 2 N–H and O–H groups in total. The van der Waals surface area contributed by atoms with Crippen LogP contribution in [0, 0.1) is 0 Å². The zero-order valence-corrected chi connectivity index (χ0v) is 9.99. The first kappa shape index (κ1) is 13.3. The maximum Gasteiger partial charge on any atom is 0.254 e. The van der Waals surface area contributed by atoms with Gasteiger partial charge in [-0.1, -0.05) is 13.3 Å². The molecule has 0 aliphatic rings. The summed E-state index contributed by atoms with van der Waals surface area (Å²) in [5.74, 6) is -0.258. The zero-order valence-electron chi connectivity index (χ0n) is 9.99. The number of unbranched alkanes of at least 4 members (excludes halogenated alkanes) is 1. The standard InChI is InChI=1S/C12H18N2O3/c1-2-3-6-13-11(15)4-7-14-12(16)10-5-8-17-9-10/h5,8-9H,2-4,6-7H2,1H3,(H,13,15)(H,14,16). The van der Waals surface area contributed by atoms with Crippen molar-refractivity contribution >= 4 is 11.8 Å². The van der Waals surface area contributed by atoms with E-state index in [-0.39, 0.29) is 11.8 Å². The SMILES string of the molecule is CCCCNC(=O)CCNC(=O)c1ccoc1. The van der Waals surface area contributed by atoms with E-state index in [1.807, 2.05) is 0 Å². The molecule has 0 radical (unpaired) electrons. The second-order valence-corrected chi connectivity index (χ2v) is 3.72. The van der Waals surface area contributed by atoms with E-state index in [1.165, 1.54) is 12.5 Å². The van der Waals surface area contributed by atoms with Crippen LogP contribution in [0.25, 0.3) is 0 Å². The van der Waals surface area contributed by atoms with Crippen LogP contribution >= 0.6 is 0 Å². The molecule has 0 saturated carbocycles. The van der Waals surface area contributed by atoms with Gasteiger partial charge in [0.05, 0.1) is 11.8 Å². The van der Waals surface area contributed by atoms with E-state index in [0.717, 1.165) is 12.8 Å². The molecule has 0 fully saturated rings. The third-order valence-corrected chi connectivity index (χ3v) is 2.27. The minimum Gasteiger partial charge on any atom is -0.472 e. The van der Waals surface area contributed by atoms with Gasteiger partial charge in [-0.25, -0.2) is 0 Å². The van der Waals surface area contributed by atoms with Crippen LogP contribution in [0.5, 0.6) is 0 Å². The highest BCUT2D eigenvalue weighted by molar-refractivity contribution is 5.93. The van der Waals surface area contributed by atoms with E-state index in [9.17, 15) is 9.59 Å². The third-order valence-electron chi connectivity index (χ3n) is 2.27. The number of hydrogen-bond acceptors (Lipinski definition) is 3. The molecule has 0 unspecified atom stereocenters. The molecule has 1 aromatic rings. The number of nitrogens with one attached hydrogen (secondary N) is 2. The minimum absolute atomic E-state index is 0.0362. The van der Waals surface area contributed by atoms with E-state index in [2.05, 4.69) is 17.6 Å². The zero-order chi connectivity index (χ0) is 12.5. The Labute approximate surface area is 101 Å². The number of carbonyl (C=O) groups excluding carboxylic acids is 2. The molecule has 2 amide bonds. The summed E-state index contributed by atoms with van der Waals surface area (Å²) in [6, 6.07) is 1.58. The fourth-order valence-corrected chi connectivity index (χ4v) is 1.28. The highest BCUT2D eigenvalue weighted by Crippen LogP contribution is 1.98. The molecular weight excluding hydrogens is 220 g/mol. The minimum atomic E-state index is -0.222. The van der Waals surface area contributed by atoms with Crippen LogP contribution in [0.1, 0.15) is 36.5 Å². The van der Waals surface area contributed by atoms with Gasteiger partial charge in [0, 0.05) is 19.5 Å². The molecule has 0 aromatic carbocycles. The molecule has 5 heteroatoms. The lowest BCUT2D eigenvalue weighted by atomic mass is 10.3. The summed E-state index contributed by atoms with van der Waals surface area (Å²) in [7, 11) is 0. The van der Waals surface area contributed by atoms with E-state index in [1.54, 1.807) is 6.07 Å². The van der Waals surface area contributed by atoms with Gasteiger partial charge in [0.15, 0.2) is 0 Å². The summed E-state index contributed by atoms with van der Waals surface area (Å²) in [4.78, 5) is 22.7. The lowest BCUT2D eigenvalue weighted by Gasteiger charge is -2.05. The maximum atomic E-state index is 11.4. The Kier molecular flexibility index (Phi) is 5.85. The molecule has 0 aliphatic carbocycles. The number of hydrogen-bond donors (Lipinski definition) is 2. The van der Waals surface area contributed by atoms with Crippen molar-refractivity contribution in [1.29, 1.82) is 0 Å². The smallest absolute Gasteiger partial charge is 0.254 e. The molecule has 94 valence electrons. The topological polar surface area (TPSA) is 71.3 Å². The van der Waals surface area contributed by atoms with Gasteiger partial charge < -0.3 is 15.1 Å². The Morgan fingerprint density at radius 3 is 2.76 bits per heavy atom. The normalized spacial score (nSPS) is 9.94. The number of furan rings is 1. The predicted octanol–water partition coefficient (Wildman–Crippen LogP) is 1.32. The first-order chi connectivity index (χ1) is 8.24. The molecule has 1 aromatic heterocycles. The quantitative estimate of drug-likeness (QED) is 0.704. The number of carbonyl (C=O) groups is 2. The van der Waals surface area contributed by atoms with E-state index in [0.29, 0.717) is 25.1 Å². The molecule has 1 heterocycles. The van der Waals surface area contributed by atoms with E-state index < -0.39 is 0 Å². The van der Waals surface area contributed by atoms with Gasteiger partial charge in [-0.3, -0.25) is 9.59 Å². The van der Waals surface area contributed by atoms with Crippen LogP contribution in [0.2, 0.25) is 0 Å². The molecule has 17 heavy (non-hydrogen) atoms. The molecular formula is C12H18N2O3. The van der Waals surface area contributed by atoms with Crippen LogP contribution in [-0.2, 0) is 4.79 Å². The second kappa shape index (κ2) is 7.49. The Morgan fingerprint density at radius 1 is 1.29 bits per heavy atom. The van der Waals surface area contributed by atoms with Gasteiger partial charge in [-0.15, -0.1) is 0 Å². The molecule has 1 rings (SSSR count). The van der Waals surface area contributed by atoms with Crippen molar-refractivity contribution in [2.24, 2.45) is 0 Å². The lowest BCUT2D eigenvalue weighted by molar-refractivity contribution is -0.120. The van der Waals surface area contributed by atoms with Gasteiger partial charge in [0.1, 0.15) is 6.26 Å². The van der Waals surface area contributed by atoms with Gasteiger partial charge in [0.25, 0.3) is 5.91 Å². The monoisotopic (exact) mass is 238 g/mol. The average Bonchev–Trinajstić information content (AvgIpc) is 2.82. The Bertz CT molecular complexity index is 347. The Morgan fingerprint density at radius 2 is 2.12 bits per heavy atom. The van der Waals surface area contributed by atoms with E-state index >= 15 is 0 Å². The van der Waals surface area contributed by atoms with Crippen molar-refractivity contribution in [2.45, 2.75) is 26.2 Å². The molecule has 0 atom stereocenters. The molecule has 0 spiro atoms. The van der Waals surface area contributed by atoms with Crippen LogP contribution < -0.4 is 10.6 Å². The lowest BCUT2D eigenvalue weighted by Crippen LogP contribution is -2.31. The summed E-state index contributed by atoms with van der Waals surface area (Å²) in [5.41, 5.74) is 0.469. The van der Waals surface area contributed by atoms with Crippen LogP contribution in [0.3, 0.4) is 0 Å². The largest absolute Gasteiger partial charge is 0.472 e. The van der Waals surface area contributed by atoms with Crippen molar-refractivity contribution < 1.29 is 14.0 Å². The van der Waals surface area contributed by atoms with Gasteiger partial charge in [-0.05, 0) is 12.5 Å². The van der Waals surface area contributed by atoms with Crippen LogP contribution in [0.15, 0.2) is 23.0 Å².